The van der Waals surface area contributed by atoms with Crippen LogP contribution in [0.5, 0.6) is 0 Å². The van der Waals surface area contributed by atoms with Crippen LogP contribution in [-0.2, 0) is 6.42 Å². The summed E-state index contributed by atoms with van der Waals surface area (Å²) in [6.07, 6.45) is 3.58. The summed E-state index contributed by atoms with van der Waals surface area (Å²) >= 11 is 8.07. The van der Waals surface area contributed by atoms with E-state index in [2.05, 4.69) is 10.6 Å². The molecular formula is C19H22ClNOS. The molecule has 0 atom stereocenters. The van der Waals surface area contributed by atoms with Crippen molar-refractivity contribution in [3.8, 4) is 5.69 Å². The summed E-state index contributed by atoms with van der Waals surface area (Å²) in [5.74, 6) is 3.36. The van der Waals surface area contributed by atoms with Gasteiger partial charge in [-0.25, -0.2) is 0 Å². The van der Waals surface area contributed by atoms with Gasteiger partial charge in [-0.15, -0.1) is 0 Å². The number of thioether (sulfide) groups is 1. The van der Waals surface area contributed by atoms with Crippen molar-refractivity contribution in [2.45, 2.75) is 33.1 Å². The number of hydrogen-bond donors (Lipinski definition) is 0. The first-order valence-corrected chi connectivity index (χ1v) is 9.65. The van der Waals surface area contributed by atoms with Crippen LogP contribution < -0.4 is 0 Å². The van der Waals surface area contributed by atoms with Crippen molar-refractivity contribution >= 4 is 29.1 Å². The third kappa shape index (κ3) is 3.67. The lowest BCUT2D eigenvalue weighted by Gasteiger charge is -2.22. The molecule has 122 valence electrons. The van der Waals surface area contributed by atoms with E-state index in [9.17, 15) is 4.79 Å². The Morgan fingerprint density at radius 2 is 1.91 bits per heavy atom. The van der Waals surface area contributed by atoms with Gasteiger partial charge in [-0.05, 0) is 80.9 Å². The van der Waals surface area contributed by atoms with Crippen LogP contribution in [0.15, 0.2) is 30.3 Å². The fourth-order valence-electron chi connectivity index (χ4n) is 3.37. The molecule has 2 nitrogen and oxygen atoms in total. The van der Waals surface area contributed by atoms with Crippen molar-refractivity contribution in [2.24, 2.45) is 5.92 Å². The van der Waals surface area contributed by atoms with E-state index in [-0.39, 0.29) is 5.78 Å². The van der Waals surface area contributed by atoms with Crippen molar-refractivity contribution in [3.05, 3.63) is 52.3 Å². The zero-order valence-corrected chi connectivity index (χ0v) is 15.2. The van der Waals surface area contributed by atoms with Crippen LogP contribution in [0.1, 0.15) is 41.5 Å². The molecule has 1 aliphatic rings. The Bertz CT molecular complexity index is 699. The van der Waals surface area contributed by atoms with Crippen LogP contribution in [0.4, 0.5) is 0 Å². The topological polar surface area (TPSA) is 22.0 Å². The Kier molecular flexibility index (Phi) is 5.17. The van der Waals surface area contributed by atoms with E-state index in [0.29, 0.717) is 0 Å². The number of carbonyl (C=O) groups is 1. The van der Waals surface area contributed by atoms with Crippen LogP contribution in [0.3, 0.4) is 0 Å². The first kappa shape index (κ1) is 16.7. The Labute approximate surface area is 147 Å². The number of rotatable bonds is 4. The number of halogens is 1. The summed E-state index contributed by atoms with van der Waals surface area (Å²) in [5, 5.41) is 0.733. The number of Topliss-reactive ketones (excluding diaryl/α,β-unsaturated/α-hetero) is 1. The van der Waals surface area contributed by atoms with Crippen LogP contribution >= 0.6 is 23.4 Å². The maximum Gasteiger partial charge on any atom is 0.161 e. The van der Waals surface area contributed by atoms with E-state index >= 15 is 0 Å². The third-order valence-corrected chi connectivity index (χ3v) is 5.93. The molecule has 0 saturated carbocycles. The van der Waals surface area contributed by atoms with Gasteiger partial charge in [0, 0.05) is 27.7 Å². The van der Waals surface area contributed by atoms with Gasteiger partial charge < -0.3 is 4.57 Å². The zero-order valence-electron chi connectivity index (χ0n) is 13.6. The minimum absolute atomic E-state index is 0.135. The van der Waals surface area contributed by atoms with Crippen molar-refractivity contribution < 1.29 is 4.79 Å². The highest BCUT2D eigenvalue weighted by molar-refractivity contribution is 7.99. The minimum Gasteiger partial charge on any atom is -0.317 e. The Morgan fingerprint density at radius 1 is 1.26 bits per heavy atom. The summed E-state index contributed by atoms with van der Waals surface area (Å²) in [6, 6.07) is 9.96. The Balaban J connectivity index is 2.00. The first-order chi connectivity index (χ1) is 11.1. The maximum atomic E-state index is 12.0. The summed E-state index contributed by atoms with van der Waals surface area (Å²) in [5.41, 5.74) is 4.19. The van der Waals surface area contributed by atoms with Crippen LogP contribution in [0.2, 0.25) is 5.02 Å². The summed E-state index contributed by atoms with van der Waals surface area (Å²) in [7, 11) is 0. The SMILES string of the molecule is CC(=O)c1cc(CC2CCSCC2)n(-c2ccc(Cl)cc2)c1C. The summed E-state index contributed by atoms with van der Waals surface area (Å²) < 4.78 is 2.23. The largest absolute Gasteiger partial charge is 0.317 e. The Morgan fingerprint density at radius 3 is 2.52 bits per heavy atom. The predicted octanol–water partition coefficient (Wildman–Crippen LogP) is 5.33. The number of aromatic nitrogens is 1. The predicted molar refractivity (Wildman–Crippen MR) is 99.3 cm³/mol. The van der Waals surface area contributed by atoms with Gasteiger partial charge in [0.15, 0.2) is 5.78 Å². The average Bonchev–Trinajstić information content (AvgIpc) is 2.86. The lowest BCUT2D eigenvalue weighted by Crippen LogP contribution is -2.14. The number of benzene rings is 1. The number of ketones is 1. The van der Waals surface area contributed by atoms with Gasteiger partial charge >= 0.3 is 0 Å². The molecule has 0 aliphatic carbocycles. The number of hydrogen-bond acceptors (Lipinski definition) is 2. The van der Waals surface area contributed by atoms with Crippen LogP contribution in [-0.4, -0.2) is 21.9 Å². The third-order valence-electron chi connectivity index (χ3n) is 4.63. The fraction of sp³-hybridized carbons (Fsp3) is 0.421. The number of carbonyl (C=O) groups excluding carboxylic acids is 1. The minimum atomic E-state index is 0.135. The van der Waals surface area contributed by atoms with Gasteiger partial charge in [0.05, 0.1) is 0 Å². The first-order valence-electron chi connectivity index (χ1n) is 8.12. The van der Waals surface area contributed by atoms with Crippen molar-refractivity contribution in [3.63, 3.8) is 0 Å². The quantitative estimate of drug-likeness (QED) is 0.697. The van der Waals surface area contributed by atoms with Gasteiger partial charge in [-0.1, -0.05) is 11.6 Å². The molecule has 2 heterocycles. The summed E-state index contributed by atoms with van der Waals surface area (Å²) in [6.45, 7) is 3.68. The lowest BCUT2D eigenvalue weighted by atomic mass is 9.96. The Hall–Kier alpha value is -1.19. The van der Waals surface area contributed by atoms with Crippen LogP contribution in [0, 0.1) is 12.8 Å². The van der Waals surface area contributed by atoms with Gasteiger partial charge in [-0.2, -0.15) is 11.8 Å². The van der Waals surface area contributed by atoms with E-state index in [0.717, 1.165) is 34.3 Å². The fourth-order valence-corrected chi connectivity index (χ4v) is 4.70. The molecule has 1 aromatic heterocycles. The molecule has 23 heavy (non-hydrogen) atoms. The normalized spacial score (nSPS) is 15.8. The standard InChI is InChI=1S/C19H22ClNOS/c1-13-19(14(2)22)12-18(11-15-7-9-23-10-8-15)21(13)17-5-3-16(20)4-6-17/h3-6,12,15H,7-11H2,1-2H3. The van der Waals surface area contributed by atoms with Gasteiger partial charge in [0.1, 0.15) is 0 Å². The van der Waals surface area contributed by atoms with Crippen LogP contribution in [0.25, 0.3) is 5.69 Å². The number of nitrogens with zero attached hydrogens (tertiary/aromatic N) is 1. The molecule has 3 rings (SSSR count). The molecule has 0 N–H and O–H groups in total. The molecule has 1 saturated heterocycles. The van der Waals surface area contributed by atoms with Crippen molar-refractivity contribution in [1.29, 1.82) is 0 Å². The molecule has 2 aromatic rings. The monoisotopic (exact) mass is 347 g/mol. The molecule has 0 radical (unpaired) electrons. The summed E-state index contributed by atoms with van der Waals surface area (Å²) in [4.78, 5) is 12.0. The van der Waals surface area contributed by atoms with Crippen molar-refractivity contribution in [1.82, 2.24) is 4.57 Å². The molecule has 1 aromatic carbocycles. The highest BCUT2D eigenvalue weighted by Gasteiger charge is 2.20. The molecule has 0 amide bonds. The lowest BCUT2D eigenvalue weighted by molar-refractivity contribution is 0.101. The van der Waals surface area contributed by atoms with Gasteiger partial charge in [-0.3, -0.25) is 4.79 Å². The maximum absolute atomic E-state index is 12.0. The zero-order chi connectivity index (χ0) is 16.4. The van der Waals surface area contributed by atoms with Gasteiger partial charge in [0.2, 0.25) is 0 Å². The molecule has 4 heteroatoms. The second-order valence-electron chi connectivity index (χ2n) is 6.26. The van der Waals surface area contributed by atoms with E-state index in [1.165, 1.54) is 30.0 Å². The van der Waals surface area contributed by atoms with E-state index < -0.39 is 0 Å². The van der Waals surface area contributed by atoms with Gasteiger partial charge in [0.25, 0.3) is 0 Å². The molecule has 0 bridgehead atoms. The average molecular weight is 348 g/mol. The van der Waals surface area contributed by atoms with E-state index in [1.807, 2.05) is 43.0 Å². The highest BCUT2D eigenvalue weighted by Crippen LogP contribution is 2.30. The molecule has 1 fully saturated rings. The second-order valence-corrected chi connectivity index (χ2v) is 7.92. The highest BCUT2D eigenvalue weighted by atomic mass is 35.5. The smallest absolute Gasteiger partial charge is 0.161 e. The molecule has 0 unspecified atom stereocenters. The van der Waals surface area contributed by atoms with E-state index in [1.54, 1.807) is 6.92 Å². The van der Waals surface area contributed by atoms with E-state index in [4.69, 9.17) is 11.6 Å². The molecular weight excluding hydrogens is 326 g/mol. The second kappa shape index (κ2) is 7.14. The molecule has 1 aliphatic heterocycles. The molecule has 0 spiro atoms. The van der Waals surface area contributed by atoms with Crippen molar-refractivity contribution in [2.75, 3.05) is 11.5 Å².